The van der Waals surface area contributed by atoms with Gasteiger partial charge in [-0.05, 0) is 49.0 Å². The second-order valence-electron chi connectivity index (χ2n) is 7.63. The molecule has 1 aliphatic heterocycles. The smallest absolute Gasteiger partial charge is 0.222 e. The van der Waals surface area contributed by atoms with Crippen molar-refractivity contribution < 1.29 is 4.79 Å². The maximum Gasteiger partial charge on any atom is 0.222 e. The van der Waals surface area contributed by atoms with E-state index < -0.39 is 0 Å². The number of nitrogens with one attached hydrogen (secondary N) is 2. The van der Waals surface area contributed by atoms with Crippen LogP contribution in [0, 0.1) is 16.7 Å². The number of hydrogen-bond acceptors (Lipinski definition) is 4. The van der Waals surface area contributed by atoms with Crippen LogP contribution in [0.5, 0.6) is 0 Å². The number of hydrogen-bond donors (Lipinski definition) is 2. The Bertz CT molecular complexity index is 992. The van der Waals surface area contributed by atoms with Gasteiger partial charge >= 0.3 is 0 Å². The van der Waals surface area contributed by atoms with Crippen molar-refractivity contribution in [3.8, 4) is 0 Å². The highest BCUT2D eigenvalue weighted by molar-refractivity contribution is 6.35. The molecule has 1 fully saturated rings. The fourth-order valence-electron chi connectivity index (χ4n) is 3.91. The van der Waals surface area contributed by atoms with E-state index >= 15 is 0 Å². The number of fused-ring (bicyclic) bond motifs is 1. The van der Waals surface area contributed by atoms with E-state index in [0.29, 0.717) is 24.5 Å². The first-order valence-corrected chi connectivity index (χ1v) is 10.3. The SMILES string of the molecule is C=C/C=C(\C=C)CCC(=O)N1CCC(Cn2ccc3nc(C(=N)C=N)ccc32)CC1. The highest BCUT2D eigenvalue weighted by atomic mass is 16.2. The molecule has 0 bridgehead atoms. The Labute approximate surface area is 177 Å². The summed E-state index contributed by atoms with van der Waals surface area (Å²) in [4.78, 5) is 19.0. The van der Waals surface area contributed by atoms with Crippen molar-refractivity contribution in [2.45, 2.75) is 32.2 Å². The molecule has 0 atom stereocenters. The molecule has 0 aliphatic carbocycles. The summed E-state index contributed by atoms with van der Waals surface area (Å²) in [6, 6.07) is 5.73. The number of allylic oxidation sites excluding steroid dienone is 4. The highest BCUT2D eigenvalue weighted by Gasteiger charge is 2.23. The summed E-state index contributed by atoms with van der Waals surface area (Å²) in [7, 11) is 0. The number of rotatable bonds is 9. The fraction of sp³-hybridized carbons (Fsp3) is 0.333. The first kappa shape index (κ1) is 21.4. The van der Waals surface area contributed by atoms with E-state index in [1.807, 2.05) is 29.3 Å². The van der Waals surface area contributed by atoms with Crippen LogP contribution in [0.25, 0.3) is 11.0 Å². The normalized spacial score (nSPS) is 15.2. The molecule has 0 unspecified atom stereocenters. The quantitative estimate of drug-likeness (QED) is 0.481. The maximum atomic E-state index is 12.5. The molecule has 1 amide bonds. The Kier molecular flexibility index (Phi) is 7.12. The molecule has 2 aromatic rings. The zero-order valence-corrected chi connectivity index (χ0v) is 17.3. The number of carbonyl (C=O) groups is 1. The van der Waals surface area contributed by atoms with Crippen molar-refractivity contribution in [3.05, 3.63) is 67.0 Å². The number of piperidine rings is 1. The molecule has 6 heteroatoms. The standard InChI is InChI=1S/C24H29N5O/c1-3-5-18(4-2)6-9-24(30)28-13-10-19(11-14-28)17-29-15-12-22-23(29)8-7-21(27-22)20(26)16-25/h3-5,7-8,12,15-16,19,25-26H,1-2,6,9-11,13-14,17H2/b18-5+,25-16?,26-20?. The zero-order valence-electron chi connectivity index (χ0n) is 17.3. The van der Waals surface area contributed by atoms with Crippen LogP contribution in [0.3, 0.4) is 0 Å². The van der Waals surface area contributed by atoms with Crippen LogP contribution in [-0.2, 0) is 11.3 Å². The molecule has 1 saturated heterocycles. The lowest BCUT2D eigenvalue weighted by Crippen LogP contribution is -2.39. The molecule has 0 spiro atoms. The van der Waals surface area contributed by atoms with Gasteiger partial charge in [0.25, 0.3) is 0 Å². The Hall–Kier alpha value is -3.28. The third-order valence-corrected chi connectivity index (χ3v) is 5.69. The van der Waals surface area contributed by atoms with E-state index in [4.69, 9.17) is 10.8 Å². The lowest BCUT2D eigenvalue weighted by molar-refractivity contribution is -0.132. The summed E-state index contributed by atoms with van der Waals surface area (Å²) in [5, 5.41) is 15.0. The van der Waals surface area contributed by atoms with Crippen molar-refractivity contribution in [1.29, 1.82) is 10.8 Å². The first-order chi connectivity index (χ1) is 14.5. The predicted molar refractivity (Wildman–Crippen MR) is 122 cm³/mol. The van der Waals surface area contributed by atoms with Gasteiger partial charge in [-0.1, -0.05) is 31.4 Å². The molecule has 0 aromatic carbocycles. The lowest BCUT2D eigenvalue weighted by Gasteiger charge is -2.32. The van der Waals surface area contributed by atoms with Crippen LogP contribution >= 0.6 is 0 Å². The molecule has 6 nitrogen and oxygen atoms in total. The minimum absolute atomic E-state index is 0.113. The summed E-state index contributed by atoms with van der Waals surface area (Å²) in [6.07, 6.45) is 11.7. The third kappa shape index (κ3) is 5.00. The van der Waals surface area contributed by atoms with Crippen LogP contribution in [0.1, 0.15) is 31.4 Å². The largest absolute Gasteiger partial charge is 0.346 e. The third-order valence-electron chi connectivity index (χ3n) is 5.69. The number of pyridine rings is 1. The summed E-state index contributed by atoms with van der Waals surface area (Å²) in [5.74, 6) is 0.732. The molecule has 3 heterocycles. The molecule has 2 N–H and O–H groups in total. The number of aromatic nitrogens is 2. The number of carbonyl (C=O) groups excluding carboxylic acids is 1. The van der Waals surface area contributed by atoms with E-state index in [9.17, 15) is 4.79 Å². The highest BCUT2D eigenvalue weighted by Crippen LogP contribution is 2.23. The van der Waals surface area contributed by atoms with Gasteiger partial charge in [0.2, 0.25) is 5.91 Å². The molecule has 0 saturated carbocycles. The van der Waals surface area contributed by atoms with Crippen molar-refractivity contribution in [1.82, 2.24) is 14.5 Å². The monoisotopic (exact) mass is 403 g/mol. The Morgan fingerprint density at radius 2 is 1.97 bits per heavy atom. The van der Waals surface area contributed by atoms with Gasteiger partial charge in [0, 0.05) is 38.5 Å². The maximum absolute atomic E-state index is 12.5. The van der Waals surface area contributed by atoms with Gasteiger partial charge < -0.3 is 14.9 Å². The molecule has 1 aliphatic rings. The van der Waals surface area contributed by atoms with E-state index in [1.54, 1.807) is 18.2 Å². The Balaban J connectivity index is 1.54. The molecule has 30 heavy (non-hydrogen) atoms. The minimum atomic E-state index is 0.113. The van der Waals surface area contributed by atoms with Crippen LogP contribution in [0.15, 0.2) is 61.4 Å². The molecule has 2 aromatic heterocycles. The van der Waals surface area contributed by atoms with E-state index in [-0.39, 0.29) is 11.6 Å². The average molecular weight is 404 g/mol. The minimum Gasteiger partial charge on any atom is -0.346 e. The number of nitrogens with zero attached hydrogens (tertiary/aromatic N) is 3. The lowest BCUT2D eigenvalue weighted by atomic mass is 9.96. The van der Waals surface area contributed by atoms with Crippen molar-refractivity contribution >= 4 is 28.9 Å². The molecule has 0 radical (unpaired) electrons. The predicted octanol–water partition coefficient (Wildman–Crippen LogP) is 4.37. The average Bonchev–Trinajstić information content (AvgIpc) is 3.18. The van der Waals surface area contributed by atoms with Crippen molar-refractivity contribution in [2.75, 3.05) is 13.1 Å². The fourth-order valence-corrected chi connectivity index (χ4v) is 3.91. The molecular weight excluding hydrogens is 374 g/mol. The van der Waals surface area contributed by atoms with E-state index in [0.717, 1.165) is 55.3 Å². The van der Waals surface area contributed by atoms with Crippen molar-refractivity contribution in [2.24, 2.45) is 5.92 Å². The molecular formula is C24H29N5O. The summed E-state index contributed by atoms with van der Waals surface area (Å²) < 4.78 is 2.21. The van der Waals surface area contributed by atoms with Gasteiger partial charge in [-0.15, -0.1) is 0 Å². The van der Waals surface area contributed by atoms with Gasteiger partial charge in [-0.3, -0.25) is 10.2 Å². The van der Waals surface area contributed by atoms with E-state index in [1.165, 1.54) is 0 Å². The van der Waals surface area contributed by atoms with Crippen LogP contribution in [0.4, 0.5) is 0 Å². The van der Waals surface area contributed by atoms with Crippen LogP contribution in [-0.4, -0.2) is 45.4 Å². The Morgan fingerprint density at radius 3 is 2.63 bits per heavy atom. The van der Waals surface area contributed by atoms with Crippen LogP contribution in [0.2, 0.25) is 0 Å². The summed E-state index contributed by atoms with van der Waals surface area (Å²) in [5.41, 5.74) is 3.56. The summed E-state index contributed by atoms with van der Waals surface area (Å²) in [6.45, 7) is 9.99. The first-order valence-electron chi connectivity index (χ1n) is 10.3. The number of likely N-dealkylation sites (tertiary alicyclic amines) is 1. The second kappa shape index (κ2) is 9.96. The van der Waals surface area contributed by atoms with Crippen molar-refractivity contribution in [3.63, 3.8) is 0 Å². The van der Waals surface area contributed by atoms with E-state index in [2.05, 4.69) is 22.7 Å². The Morgan fingerprint density at radius 1 is 1.20 bits per heavy atom. The van der Waals surface area contributed by atoms with Gasteiger partial charge in [-0.2, -0.15) is 0 Å². The van der Waals surface area contributed by atoms with Gasteiger partial charge in [0.1, 0.15) is 0 Å². The summed E-state index contributed by atoms with van der Waals surface area (Å²) >= 11 is 0. The zero-order chi connectivity index (χ0) is 21.5. The van der Waals surface area contributed by atoms with Gasteiger partial charge in [0.15, 0.2) is 0 Å². The topological polar surface area (TPSA) is 85.8 Å². The van der Waals surface area contributed by atoms with Crippen LogP contribution < -0.4 is 0 Å². The van der Waals surface area contributed by atoms with Gasteiger partial charge in [-0.25, -0.2) is 4.98 Å². The van der Waals surface area contributed by atoms with Gasteiger partial charge in [0.05, 0.1) is 22.4 Å². The number of amides is 1. The second-order valence-corrected chi connectivity index (χ2v) is 7.63. The molecule has 156 valence electrons. The molecule has 3 rings (SSSR count).